The van der Waals surface area contributed by atoms with E-state index in [-0.39, 0.29) is 23.1 Å². The lowest BCUT2D eigenvalue weighted by atomic mass is 9.81. The van der Waals surface area contributed by atoms with Crippen molar-refractivity contribution in [2.24, 2.45) is 11.3 Å². The lowest BCUT2D eigenvalue weighted by molar-refractivity contribution is -0.137. The summed E-state index contributed by atoms with van der Waals surface area (Å²) in [7, 11) is 0. The van der Waals surface area contributed by atoms with Crippen molar-refractivity contribution in [3.63, 3.8) is 0 Å². The van der Waals surface area contributed by atoms with Gasteiger partial charge in [0.15, 0.2) is 0 Å². The molecule has 3 heteroatoms. The zero-order valence-corrected chi connectivity index (χ0v) is 8.52. The minimum absolute atomic E-state index is 0.0256. The normalized spacial score (nSPS) is 24.4. The molecule has 3 nitrogen and oxygen atoms in total. The molecule has 0 saturated carbocycles. The molecule has 13 heavy (non-hydrogen) atoms. The van der Waals surface area contributed by atoms with Crippen LogP contribution in [0.5, 0.6) is 0 Å². The number of imide groups is 1. The first kappa shape index (κ1) is 10.2. The van der Waals surface area contributed by atoms with Crippen LogP contribution >= 0.6 is 0 Å². The van der Waals surface area contributed by atoms with E-state index in [0.717, 1.165) is 6.42 Å². The Balaban J connectivity index is 2.52. The number of carbonyl (C=O) groups is 2. The molecule has 0 aliphatic carbocycles. The Labute approximate surface area is 78.9 Å². The molecule has 1 saturated heterocycles. The van der Waals surface area contributed by atoms with Gasteiger partial charge in [0.2, 0.25) is 11.8 Å². The molecule has 1 rings (SSSR count). The van der Waals surface area contributed by atoms with Gasteiger partial charge in [-0.25, -0.2) is 0 Å². The molecule has 0 aromatic heterocycles. The fourth-order valence-corrected chi connectivity index (χ4v) is 1.67. The van der Waals surface area contributed by atoms with E-state index in [9.17, 15) is 9.59 Å². The number of rotatable bonds is 1. The molecule has 0 aromatic carbocycles. The number of nitrogens with one attached hydrogen (secondary N) is 1. The molecule has 1 N–H and O–H groups in total. The van der Waals surface area contributed by atoms with Gasteiger partial charge in [-0.3, -0.25) is 14.9 Å². The van der Waals surface area contributed by atoms with Crippen molar-refractivity contribution in [1.82, 2.24) is 5.32 Å². The number of hydrogen-bond donors (Lipinski definition) is 1. The second-order valence-corrected chi connectivity index (χ2v) is 4.91. The summed E-state index contributed by atoms with van der Waals surface area (Å²) in [6.07, 6.45) is 2.06. The number of amides is 2. The zero-order valence-electron chi connectivity index (χ0n) is 8.52. The van der Waals surface area contributed by atoms with Gasteiger partial charge in [0.05, 0.1) is 0 Å². The van der Waals surface area contributed by atoms with Crippen LogP contribution in [0.15, 0.2) is 0 Å². The molecular weight excluding hydrogens is 166 g/mol. The monoisotopic (exact) mass is 183 g/mol. The third kappa shape index (κ3) is 3.17. The van der Waals surface area contributed by atoms with E-state index >= 15 is 0 Å². The predicted molar refractivity (Wildman–Crippen MR) is 49.9 cm³/mol. The highest BCUT2D eigenvalue weighted by atomic mass is 16.2. The molecule has 0 bridgehead atoms. The summed E-state index contributed by atoms with van der Waals surface area (Å²) in [6, 6.07) is 0. The highest BCUT2D eigenvalue weighted by Gasteiger charge is 2.29. The molecule has 0 spiro atoms. The van der Waals surface area contributed by atoms with Crippen molar-refractivity contribution in [3.05, 3.63) is 0 Å². The first-order valence-corrected chi connectivity index (χ1v) is 4.72. The fraction of sp³-hybridized carbons (Fsp3) is 0.800. The molecule has 0 aromatic rings. The van der Waals surface area contributed by atoms with Crippen molar-refractivity contribution in [1.29, 1.82) is 0 Å². The van der Waals surface area contributed by atoms with Gasteiger partial charge in [-0.15, -0.1) is 0 Å². The van der Waals surface area contributed by atoms with Gasteiger partial charge in [0.25, 0.3) is 0 Å². The SMILES string of the molecule is CC(C)(C)CC1CCC(=O)NC1=O. The average Bonchev–Trinajstić information content (AvgIpc) is 1.93. The Hall–Kier alpha value is -0.860. The van der Waals surface area contributed by atoms with Gasteiger partial charge >= 0.3 is 0 Å². The maximum Gasteiger partial charge on any atom is 0.229 e. The second-order valence-electron chi connectivity index (χ2n) is 4.91. The van der Waals surface area contributed by atoms with Gasteiger partial charge in [-0.1, -0.05) is 20.8 Å². The Morgan fingerprint density at radius 1 is 1.38 bits per heavy atom. The summed E-state index contributed by atoms with van der Waals surface area (Å²) in [5.41, 5.74) is 0.155. The van der Waals surface area contributed by atoms with Crippen LogP contribution in [0.2, 0.25) is 0 Å². The number of piperidine rings is 1. The Kier molecular flexibility index (Phi) is 2.74. The van der Waals surface area contributed by atoms with Crippen LogP contribution in [0.4, 0.5) is 0 Å². The van der Waals surface area contributed by atoms with E-state index in [1.807, 2.05) is 0 Å². The highest BCUT2D eigenvalue weighted by molar-refractivity contribution is 5.98. The van der Waals surface area contributed by atoms with E-state index < -0.39 is 0 Å². The molecule has 2 amide bonds. The summed E-state index contributed by atoms with van der Waals surface area (Å²) < 4.78 is 0. The first-order chi connectivity index (χ1) is 5.88. The molecule has 0 radical (unpaired) electrons. The third-order valence-electron chi connectivity index (χ3n) is 2.21. The van der Waals surface area contributed by atoms with Crippen LogP contribution in [-0.4, -0.2) is 11.8 Å². The van der Waals surface area contributed by atoms with Crippen molar-refractivity contribution < 1.29 is 9.59 Å². The van der Waals surface area contributed by atoms with Gasteiger partial charge in [-0.05, 0) is 18.3 Å². The lowest BCUT2D eigenvalue weighted by Crippen LogP contribution is -2.41. The largest absolute Gasteiger partial charge is 0.296 e. The van der Waals surface area contributed by atoms with E-state index in [4.69, 9.17) is 0 Å². The number of carbonyl (C=O) groups excluding carboxylic acids is 2. The average molecular weight is 183 g/mol. The van der Waals surface area contributed by atoms with Crippen LogP contribution in [0.1, 0.15) is 40.0 Å². The summed E-state index contributed by atoms with van der Waals surface area (Å²) in [5, 5.41) is 2.37. The zero-order chi connectivity index (χ0) is 10.1. The van der Waals surface area contributed by atoms with Crippen molar-refractivity contribution in [2.45, 2.75) is 40.0 Å². The molecule has 1 unspecified atom stereocenters. The van der Waals surface area contributed by atoms with E-state index in [0.29, 0.717) is 12.8 Å². The smallest absolute Gasteiger partial charge is 0.229 e. The molecule has 1 fully saturated rings. The predicted octanol–water partition coefficient (Wildman–Crippen LogP) is 1.48. The van der Waals surface area contributed by atoms with Gasteiger partial charge in [0, 0.05) is 12.3 Å². The van der Waals surface area contributed by atoms with Crippen LogP contribution in [0, 0.1) is 11.3 Å². The molecule has 1 atom stereocenters. The standard InChI is InChI=1S/C10H17NO2/c1-10(2,3)6-7-4-5-8(12)11-9(7)13/h7H,4-6H2,1-3H3,(H,11,12,13). The van der Waals surface area contributed by atoms with Crippen molar-refractivity contribution >= 4 is 11.8 Å². The summed E-state index contributed by atoms with van der Waals surface area (Å²) in [4.78, 5) is 22.2. The summed E-state index contributed by atoms with van der Waals surface area (Å²) in [6.45, 7) is 6.32. The minimum atomic E-state index is -0.129. The van der Waals surface area contributed by atoms with Crippen LogP contribution in [0.25, 0.3) is 0 Å². The molecule has 74 valence electrons. The Morgan fingerprint density at radius 2 is 2.00 bits per heavy atom. The Morgan fingerprint density at radius 3 is 2.46 bits per heavy atom. The second kappa shape index (κ2) is 3.48. The van der Waals surface area contributed by atoms with Gasteiger partial charge in [-0.2, -0.15) is 0 Å². The third-order valence-corrected chi connectivity index (χ3v) is 2.21. The quantitative estimate of drug-likeness (QED) is 0.626. The van der Waals surface area contributed by atoms with Crippen LogP contribution < -0.4 is 5.32 Å². The van der Waals surface area contributed by atoms with Crippen molar-refractivity contribution in [2.75, 3.05) is 0 Å². The molecule has 1 aliphatic rings. The van der Waals surface area contributed by atoms with Crippen molar-refractivity contribution in [3.8, 4) is 0 Å². The minimum Gasteiger partial charge on any atom is -0.296 e. The van der Waals surface area contributed by atoms with Crippen LogP contribution in [0.3, 0.4) is 0 Å². The topological polar surface area (TPSA) is 46.2 Å². The highest BCUT2D eigenvalue weighted by Crippen LogP contribution is 2.28. The maximum absolute atomic E-state index is 11.4. The Bertz CT molecular complexity index is 228. The van der Waals surface area contributed by atoms with Crippen LogP contribution in [-0.2, 0) is 9.59 Å². The molecular formula is C10H17NO2. The van der Waals surface area contributed by atoms with E-state index in [1.54, 1.807) is 0 Å². The molecule has 1 aliphatic heterocycles. The molecule has 1 heterocycles. The maximum atomic E-state index is 11.4. The number of hydrogen-bond acceptors (Lipinski definition) is 2. The van der Waals surface area contributed by atoms with Gasteiger partial charge < -0.3 is 0 Å². The van der Waals surface area contributed by atoms with E-state index in [2.05, 4.69) is 26.1 Å². The lowest BCUT2D eigenvalue weighted by Gasteiger charge is -2.27. The summed E-state index contributed by atoms with van der Waals surface area (Å²) in [5.74, 6) is -0.195. The van der Waals surface area contributed by atoms with E-state index in [1.165, 1.54) is 0 Å². The van der Waals surface area contributed by atoms with Gasteiger partial charge in [0.1, 0.15) is 0 Å². The summed E-state index contributed by atoms with van der Waals surface area (Å²) >= 11 is 0. The first-order valence-electron chi connectivity index (χ1n) is 4.72. The fourth-order valence-electron chi connectivity index (χ4n) is 1.67.